The zero-order chi connectivity index (χ0) is 15.4. The molecule has 4 N–H and O–H groups in total. The van der Waals surface area contributed by atoms with Crippen LogP contribution in [0.1, 0.15) is 0 Å². The summed E-state index contributed by atoms with van der Waals surface area (Å²) >= 11 is 0. The van der Waals surface area contributed by atoms with Crippen LogP contribution in [-0.2, 0) is 0 Å². The van der Waals surface area contributed by atoms with E-state index >= 15 is 0 Å². The minimum absolute atomic E-state index is 0.584. The Kier molecular flexibility index (Phi) is 3.83. The minimum atomic E-state index is 0.584. The van der Waals surface area contributed by atoms with Gasteiger partial charge < -0.3 is 20.9 Å². The second kappa shape index (κ2) is 6.10. The maximum atomic E-state index is 5.88. The Bertz CT molecular complexity index is 725. The van der Waals surface area contributed by atoms with Crippen LogP contribution in [0.15, 0.2) is 72.8 Å². The fraction of sp³-hybridized carbons (Fsp3) is 0. The van der Waals surface area contributed by atoms with Crippen molar-refractivity contribution < 1.29 is 9.47 Å². The molecule has 0 amide bonds. The van der Waals surface area contributed by atoms with E-state index < -0.39 is 0 Å². The third-order valence-corrected chi connectivity index (χ3v) is 3.10. The largest absolute Gasteiger partial charge is 0.455 e. The van der Waals surface area contributed by atoms with Gasteiger partial charge in [-0.3, -0.25) is 0 Å². The molecule has 0 radical (unpaired) electrons. The highest BCUT2D eigenvalue weighted by molar-refractivity contribution is 5.55. The maximum Gasteiger partial charge on any atom is 0.150 e. The van der Waals surface area contributed by atoms with Crippen molar-refractivity contribution in [3.8, 4) is 23.0 Å². The Hall–Kier alpha value is -3.14. The van der Waals surface area contributed by atoms with Gasteiger partial charge in [0.25, 0.3) is 0 Å². The lowest BCUT2D eigenvalue weighted by Crippen LogP contribution is -1.93. The number of nitrogens with two attached hydrogens (primary N) is 2. The minimum Gasteiger partial charge on any atom is -0.455 e. The van der Waals surface area contributed by atoms with Crippen LogP contribution in [0.4, 0.5) is 11.4 Å². The van der Waals surface area contributed by atoms with Crippen molar-refractivity contribution in [1.82, 2.24) is 0 Å². The zero-order valence-electron chi connectivity index (χ0n) is 11.9. The average Bonchev–Trinajstić information content (AvgIpc) is 2.52. The maximum absolute atomic E-state index is 5.88. The van der Waals surface area contributed by atoms with Crippen LogP contribution < -0.4 is 20.9 Å². The molecule has 0 unspecified atom stereocenters. The summed E-state index contributed by atoms with van der Waals surface area (Å²) in [5.74, 6) is 2.51. The van der Waals surface area contributed by atoms with Gasteiger partial charge in [-0.15, -0.1) is 0 Å². The Morgan fingerprint density at radius 3 is 1.45 bits per heavy atom. The van der Waals surface area contributed by atoms with Gasteiger partial charge in [0, 0.05) is 6.07 Å². The van der Waals surface area contributed by atoms with Gasteiger partial charge in [-0.2, -0.15) is 0 Å². The Labute approximate surface area is 128 Å². The second-order valence-corrected chi connectivity index (χ2v) is 4.75. The normalized spacial score (nSPS) is 10.2. The number of hydrogen-bond donors (Lipinski definition) is 2. The molecule has 0 atom stereocenters. The van der Waals surface area contributed by atoms with Gasteiger partial charge in [0.05, 0.1) is 11.4 Å². The first-order valence-electron chi connectivity index (χ1n) is 6.87. The molecule has 0 saturated carbocycles. The van der Waals surface area contributed by atoms with Gasteiger partial charge in [-0.05, 0) is 36.4 Å². The van der Waals surface area contributed by atoms with Crippen molar-refractivity contribution in [1.29, 1.82) is 0 Å². The predicted molar refractivity (Wildman–Crippen MR) is 88.3 cm³/mol. The lowest BCUT2D eigenvalue weighted by molar-refractivity contribution is 0.462. The quantitative estimate of drug-likeness (QED) is 0.698. The molecule has 4 nitrogen and oxygen atoms in total. The van der Waals surface area contributed by atoms with Crippen LogP contribution in [0.25, 0.3) is 0 Å². The van der Waals surface area contributed by atoms with Crippen LogP contribution in [0, 0.1) is 0 Å². The summed E-state index contributed by atoms with van der Waals surface area (Å²) in [6.07, 6.45) is 0. The fourth-order valence-corrected chi connectivity index (χ4v) is 2.00. The lowest BCUT2D eigenvalue weighted by atomic mass is 10.3. The molecule has 0 aliphatic heterocycles. The van der Waals surface area contributed by atoms with E-state index in [2.05, 4.69) is 0 Å². The van der Waals surface area contributed by atoms with E-state index in [0.717, 1.165) is 0 Å². The zero-order valence-corrected chi connectivity index (χ0v) is 11.9. The first-order valence-corrected chi connectivity index (χ1v) is 6.87. The molecule has 22 heavy (non-hydrogen) atoms. The Balaban J connectivity index is 1.81. The summed E-state index contributed by atoms with van der Waals surface area (Å²) in [7, 11) is 0. The smallest absolute Gasteiger partial charge is 0.150 e. The van der Waals surface area contributed by atoms with Gasteiger partial charge in [0.1, 0.15) is 23.0 Å². The van der Waals surface area contributed by atoms with Crippen molar-refractivity contribution in [2.75, 3.05) is 11.5 Å². The van der Waals surface area contributed by atoms with Gasteiger partial charge in [0.15, 0.2) is 0 Å². The number of benzene rings is 3. The molecule has 0 fully saturated rings. The van der Waals surface area contributed by atoms with Gasteiger partial charge in [-0.25, -0.2) is 0 Å². The molecule has 3 rings (SSSR count). The highest BCUT2D eigenvalue weighted by Crippen LogP contribution is 2.32. The standard InChI is InChI=1S/C18H16N2O2/c19-15-8-1-3-10-17(15)21-13-6-5-7-14(12-13)22-18-11-4-2-9-16(18)20/h1-12H,19-20H2. The van der Waals surface area contributed by atoms with Crippen molar-refractivity contribution in [3.05, 3.63) is 72.8 Å². The van der Waals surface area contributed by atoms with Crippen molar-refractivity contribution in [2.45, 2.75) is 0 Å². The van der Waals surface area contributed by atoms with E-state index in [0.29, 0.717) is 34.4 Å². The topological polar surface area (TPSA) is 70.5 Å². The molecular weight excluding hydrogens is 276 g/mol. The molecule has 3 aromatic rings. The fourth-order valence-electron chi connectivity index (χ4n) is 2.00. The highest BCUT2D eigenvalue weighted by Gasteiger charge is 2.05. The average molecular weight is 292 g/mol. The summed E-state index contributed by atoms with van der Waals surface area (Å²) in [6.45, 7) is 0. The second-order valence-electron chi connectivity index (χ2n) is 4.75. The summed E-state index contributed by atoms with van der Waals surface area (Å²) in [5.41, 5.74) is 12.9. The summed E-state index contributed by atoms with van der Waals surface area (Å²) in [5, 5.41) is 0. The lowest BCUT2D eigenvalue weighted by Gasteiger charge is -2.11. The number of nitrogen functional groups attached to an aromatic ring is 2. The molecule has 3 aromatic carbocycles. The molecule has 0 heterocycles. The van der Waals surface area contributed by atoms with Gasteiger partial charge in [-0.1, -0.05) is 30.3 Å². The third-order valence-electron chi connectivity index (χ3n) is 3.10. The number of rotatable bonds is 4. The first kappa shape index (κ1) is 13.8. The van der Waals surface area contributed by atoms with Crippen molar-refractivity contribution in [3.63, 3.8) is 0 Å². The molecule has 4 heteroatoms. The van der Waals surface area contributed by atoms with E-state index in [1.807, 2.05) is 54.6 Å². The number of anilines is 2. The SMILES string of the molecule is Nc1ccccc1Oc1cccc(Oc2ccccc2N)c1. The molecule has 0 aliphatic rings. The van der Waals surface area contributed by atoms with E-state index in [1.54, 1.807) is 18.2 Å². The van der Waals surface area contributed by atoms with E-state index in [9.17, 15) is 0 Å². The molecule has 0 spiro atoms. The van der Waals surface area contributed by atoms with Crippen LogP contribution in [0.5, 0.6) is 23.0 Å². The van der Waals surface area contributed by atoms with Crippen molar-refractivity contribution >= 4 is 11.4 Å². The summed E-state index contributed by atoms with van der Waals surface area (Å²) in [4.78, 5) is 0. The van der Waals surface area contributed by atoms with Crippen LogP contribution in [0.2, 0.25) is 0 Å². The van der Waals surface area contributed by atoms with Crippen molar-refractivity contribution in [2.24, 2.45) is 0 Å². The Morgan fingerprint density at radius 2 is 1.00 bits per heavy atom. The molecule has 110 valence electrons. The number of ether oxygens (including phenoxy) is 2. The van der Waals surface area contributed by atoms with E-state index in [1.165, 1.54) is 0 Å². The Morgan fingerprint density at radius 1 is 0.545 bits per heavy atom. The summed E-state index contributed by atoms with van der Waals surface area (Å²) < 4.78 is 11.6. The third kappa shape index (κ3) is 3.12. The van der Waals surface area contributed by atoms with Crippen LogP contribution in [-0.4, -0.2) is 0 Å². The molecule has 0 aromatic heterocycles. The van der Waals surface area contributed by atoms with Crippen LogP contribution in [0.3, 0.4) is 0 Å². The molecule has 0 saturated heterocycles. The molecule has 0 aliphatic carbocycles. The molecular formula is C18H16N2O2. The highest BCUT2D eigenvalue weighted by atomic mass is 16.5. The number of hydrogen-bond acceptors (Lipinski definition) is 4. The van der Waals surface area contributed by atoms with E-state index in [4.69, 9.17) is 20.9 Å². The predicted octanol–water partition coefficient (Wildman–Crippen LogP) is 4.44. The summed E-state index contributed by atoms with van der Waals surface area (Å²) in [6, 6.07) is 22.0. The van der Waals surface area contributed by atoms with E-state index in [-0.39, 0.29) is 0 Å². The monoisotopic (exact) mass is 292 g/mol. The van der Waals surface area contributed by atoms with Crippen LogP contribution >= 0.6 is 0 Å². The molecule has 0 bridgehead atoms. The first-order chi connectivity index (χ1) is 10.7. The van der Waals surface area contributed by atoms with Gasteiger partial charge >= 0.3 is 0 Å². The number of para-hydroxylation sites is 4. The van der Waals surface area contributed by atoms with Gasteiger partial charge in [0.2, 0.25) is 0 Å².